The highest BCUT2D eigenvalue weighted by Crippen LogP contribution is 2.37. The molecule has 6 heteroatoms. The summed E-state index contributed by atoms with van der Waals surface area (Å²) in [5.41, 5.74) is 0. The zero-order valence-corrected chi connectivity index (χ0v) is 12.7. The van der Waals surface area contributed by atoms with Gasteiger partial charge in [-0.25, -0.2) is 13.1 Å². The van der Waals surface area contributed by atoms with Crippen molar-refractivity contribution < 1.29 is 8.42 Å². The first kappa shape index (κ1) is 13.5. The predicted molar refractivity (Wildman–Crippen MR) is 76.6 cm³/mol. The molecule has 2 aliphatic rings. The minimum absolute atomic E-state index is 0.457. The summed E-state index contributed by atoms with van der Waals surface area (Å²) < 4.78 is 27.3. The lowest BCUT2D eigenvalue weighted by molar-refractivity contribution is 0.572. The van der Waals surface area contributed by atoms with Crippen LogP contribution in [0.25, 0.3) is 0 Å². The summed E-state index contributed by atoms with van der Waals surface area (Å²) in [6.45, 7) is 3.40. The van der Waals surface area contributed by atoms with Crippen LogP contribution in [-0.4, -0.2) is 21.0 Å². The molecule has 0 saturated heterocycles. The minimum atomic E-state index is -3.33. The highest BCUT2D eigenvalue weighted by Gasteiger charge is 2.33. The molecule has 2 N–H and O–H groups in total. The van der Waals surface area contributed by atoms with Crippen LogP contribution in [0.4, 0.5) is 0 Å². The second-order valence-corrected chi connectivity index (χ2v) is 8.42. The first-order valence-corrected chi connectivity index (χ1v) is 9.22. The van der Waals surface area contributed by atoms with Gasteiger partial charge in [-0.3, -0.25) is 0 Å². The fourth-order valence-electron chi connectivity index (χ4n) is 2.20. The van der Waals surface area contributed by atoms with Gasteiger partial charge in [0.2, 0.25) is 10.0 Å². The fraction of sp³-hybridized carbons (Fsp3) is 0.692. The molecule has 0 aromatic carbocycles. The Kier molecular flexibility index (Phi) is 3.68. The lowest BCUT2D eigenvalue weighted by atomic mass is 10.3. The molecule has 0 aliphatic heterocycles. The molecule has 2 aliphatic carbocycles. The highest BCUT2D eigenvalue weighted by molar-refractivity contribution is 7.89. The lowest BCUT2D eigenvalue weighted by Gasteiger charge is -2.08. The molecule has 0 bridgehead atoms. The third-order valence-electron chi connectivity index (χ3n) is 3.93. The van der Waals surface area contributed by atoms with Gasteiger partial charge in [0.05, 0.1) is 4.90 Å². The van der Waals surface area contributed by atoms with Crippen molar-refractivity contribution in [2.24, 2.45) is 11.8 Å². The number of rotatable bonds is 7. The Morgan fingerprint density at radius 1 is 1.42 bits per heavy atom. The summed E-state index contributed by atoms with van der Waals surface area (Å²) in [7, 11) is -3.33. The molecule has 2 fully saturated rings. The molecule has 0 amide bonds. The minimum Gasteiger partial charge on any atom is -0.309 e. The summed E-state index contributed by atoms with van der Waals surface area (Å²) in [6.07, 6.45) is 3.57. The Bertz CT molecular complexity index is 549. The topological polar surface area (TPSA) is 58.2 Å². The van der Waals surface area contributed by atoms with E-state index in [1.165, 1.54) is 24.2 Å². The normalized spacial score (nSPS) is 26.6. The first-order chi connectivity index (χ1) is 9.06. The Morgan fingerprint density at radius 3 is 2.79 bits per heavy atom. The van der Waals surface area contributed by atoms with E-state index in [9.17, 15) is 8.42 Å². The number of thiophene rings is 1. The number of sulfonamides is 1. The summed E-state index contributed by atoms with van der Waals surface area (Å²) in [6, 6.07) is 2.31. The Labute approximate surface area is 118 Å². The Balaban J connectivity index is 1.63. The molecular formula is C13H20N2O2S2. The van der Waals surface area contributed by atoms with Crippen molar-refractivity contribution in [3.8, 4) is 0 Å². The second-order valence-electron chi connectivity index (χ2n) is 5.69. The predicted octanol–water partition coefficient (Wildman–Crippen LogP) is 1.93. The van der Waals surface area contributed by atoms with Crippen molar-refractivity contribution >= 4 is 21.4 Å². The van der Waals surface area contributed by atoms with E-state index in [0.29, 0.717) is 35.9 Å². The van der Waals surface area contributed by atoms with Gasteiger partial charge in [0.25, 0.3) is 0 Å². The molecule has 1 heterocycles. The molecule has 2 saturated carbocycles. The molecule has 1 aromatic rings. The summed E-state index contributed by atoms with van der Waals surface area (Å²) in [4.78, 5) is 1.38. The van der Waals surface area contributed by atoms with E-state index < -0.39 is 10.0 Å². The molecule has 3 rings (SSSR count). The van der Waals surface area contributed by atoms with Gasteiger partial charge in [0, 0.05) is 24.0 Å². The maximum atomic E-state index is 12.3. The van der Waals surface area contributed by atoms with E-state index in [1.807, 2.05) is 5.38 Å². The van der Waals surface area contributed by atoms with Gasteiger partial charge in [-0.05, 0) is 42.5 Å². The van der Waals surface area contributed by atoms with Gasteiger partial charge >= 0.3 is 0 Å². The van der Waals surface area contributed by atoms with Crippen LogP contribution in [0.1, 0.15) is 31.1 Å². The van der Waals surface area contributed by atoms with E-state index in [1.54, 1.807) is 6.07 Å². The standard InChI is InChI=1S/C13H20N2O2S2/c1-9-6-10(9)7-15-19(16,17)13-4-5-18-12(13)8-14-11-2-3-11/h4-5,9-11,14-15H,2-3,6-8H2,1H3. The van der Waals surface area contributed by atoms with Crippen LogP contribution < -0.4 is 10.0 Å². The van der Waals surface area contributed by atoms with Crippen LogP contribution in [-0.2, 0) is 16.6 Å². The van der Waals surface area contributed by atoms with Gasteiger partial charge < -0.3 is 5.32 Å². The first-order valence-electron chi connectivity index (χ1n) is 6.85. The smallest absolute Gasteiger partial charge is 0.241 e. The molecule has 2 unspecified atom stereocenters. The molecule has 1 aromatic heterocycles. The summed E-state index contributed by atoms with van der Waals surface area (Å²) in [5.74, 6) is 1.20. The maximum absolute atomic E-state index is 12.3. The SMILES string of the molecule is CC1CC1CNS(=O)(=O)c1ccsc1CNC1CC1. The third-order valence-corrected chi connectivity index (χ3v) is 6.49. The van der Waals surface area contributed by atoms with Gasteiger partial charge in [0.1, 0.15) is 0 Å². The van der Waals surface area contributed by atoms with Crippen LogP contribution in [0.5, 0.6) is 0 Å². The highest BCUT2D eigenvalue weighted by atomic mass is 32.2. The molecule has 4 nitrogen and oxygen atoms in total. The Hall–Kier alpha value is -0.430. The van der Waals surface area contributed by atoms with Crippen LogP contribution >= 0.6 is 11.3 Å². The zero-order valence-electron chi connectivity index (χ0n) is 11.1. The number of nitrogens with one attached hydrogen (secondary N) is 2. The summed E-state index contributed by atoms with van der Waals surface area (Å²) >= 11 is 1.51. The molecule has 2 atom stereocenters. The average Bonchev–Trinajstić information content (AvgIpc) is 3.26. The van der Waals surface area contributed by atoms with E-state index in [0.717, 1.165) is 11.3 Å². The third kappa shape index (κ3) is 3.37. The molecule has 0 radical (unpaired) electrons. The monoisotopic (exact) mass is 300 g/mol. The zero-order chi connectivity index (χ0) is 13.5. The van der Waals surface area contributed by atoms with Gasteiger partial charge in [-0.15, -0.1) is 11.3 Å². The fourth-order valence-corrected chi connectivity index (χ4v) is 4.69. The number of hydrogen-bond acceptors (Lipinski definition) is 4. The second kappa shape index (κ2) is 5.16. The molecule has 0 spiro atoms. The van der Waals surface area contributed by atoms with Crippen molar-refractivity contribution in [2.45, 2.75) is 43.7 Å². The summed E-state index contributed by atoms with van der Waals surface area (Å²) in [5, 5.41) is 5.23. The maximum Gasteiger partial charge on any atom is 0.241 e. The largest absolute Gasteiger partial charge is 0.309 e. The van der Waals surface area contributed by atoms with Gasteiger partial charge in [0.15, 0.2) is 0 Å². The quantitative estimate of drug-likeness (QED) is 0.809. The molecule has 106 valence electrons. The van der Waals surface area contributed by atoms with Crippen molar-refractivity contribution in [2.75, 3.05) is 6.54 Å². The number of hydrogen-bond donors (Lipinski definition) is 2. The average molecular weight is 300 g/mol. The van der Waals surface area contributed by atoms with Gasteiger partial charge in [-0.2, -0.15) is 0 Å². The molecular weight excluding hydrogens is 280 g/mol. The van der Waals surface area contributed by atoms with Crippen LogP contribution in [0.3, 0.4) is 0 Å². The van der Waals surface area contributed by atoms with Gasteiger partial charge in [-0.1, -0.05) is 6.92 Å². The van der Waals surface area contributed by atoms with Crippen molar-refractivity contribution in [3.05, 3.63) is 16.3 Å². The van der Waals surface area contributed by atoms with Crippen LogP contribution in [0, 0.1) is 11.8 Å². The van der Waals surface area contributed by atoms with E-state index in [2.05, 4.69) is 17.0 Å². The van der Waals surface area contributed by atoms with Crippen LogP contribution in [0.15, 0.2) is 16.3 Å². The van der Waals surface area contributed by atoms with E-state index in [4.69, 9.17) is 0 Å². The lowest BCUT2D eigenvalue weighted by Crippen LogP contribution is -2.27. The van der Waals surface area contributed by atoms with Crippen molar-refractivity contribution in [1.29, 1.82) is 0 Å². The Morgan fingerprint density at radius 2 is 2.16 bits per heavy atom. The molecule has 19 heavy (non-hydrogen) atoms. The van der Waals surface area contributed by atoms with Crippen molar-refractivity contribution in [3.63, 3.8) is 0 Å². The van der Waals surface area contributed by atoms with E-state index in [-0.39, 0.29) is 0 Å². The van der Waals surface area contributed by atoms with Crippen LogP contribution in [0.2, 0.25) is 0 Å². The van der Waals surface area contributed by atoms with Crippen molar-refractivity contribution in [1.82, 2.24) is 10.0 Å². The van der Waals surface area contributed by atoms with E-state index >= 15 is 0 Å².